The summed E-state index contributed by atoms with van der Waals surface area (Å²) in [6.07, 6.45) is 7.01. The molecular formula is C9H13NOS. The van der Waals surface area contributed by atoms with Crippen LogP contribution in [0.25, 0.3) is 0 Å². The Bertz CT molecular complexity index is 183. The Labute approximate surface area is 76.6 Å². The lowest BCUT2D eigenvalue weighted by Gasteiger charge is -2.05. The molecule has 0 aliphatic heterocycles. The summed E-state index contributed by atoms with van der Waals surface area (Å²) in [5.41, 5.74) is 1.79. The van der Waals surface area contributed by atoms with Crippen LogP contribution in [0.2, 0.25) is 0 Å². The molecule has 2 rings (SSSR count). The Balaban J connectivity index is 0.000000127. The molecule has 66 valence electrons. The molecule has 0 amide bonds. The topological polar surface area (TPSA) is 30.0 Å². The third-order valence-electron chi connectivity index (χ3n) is 1.76. The lowest BCUT2D eigenvalue weighted by Crippen LogP contribution is -2.02. The van der Waals surface area contributed by atoms with Crippen molar-refractivity contribution in [3.05, 3.63) is 17.1 Å². The van der Waals surface area contributed by atoms with Gasteiger partial charge in [-0.15, -0.1) is 11.3 Å². The van der Waals surface area contributed by atoms with Gasteiger partial charge in [-0.25, -0.2) is 0 Å². The number of carbonyl (C=O) groups is 1. The third kappa shape index (κ3) is 4.23. The van der Waals surface area contributed by atoms with Crippen LogP contribution >= 0.6 is 11.3 Å². The molecule has 0 radical (unpaired) electrons. The van der Waals surface area contributed by atoms with Crippen LogP contribution in [0, 0.1) is 0 Å². The summed E-state index contributed by atoms with van der Waals surface area (Å²) in [6.45, 7) is 0. The van der Waals surface area contributed by atoms with Gasteiger partial charge in [0.1, 0.15) is 5.78 Å². The standard InChI is InChI=1S/C6H10O.C3H3NS/c7-6-4-2-1-3-5-6;1-2-5-3-4-1/h1-5H2;1-3H. The van der Waals surface area contributed by atoms with Gasteiger partial charge in [-0.3, -0.25) is 9.78 Å². The largest absolute Gasteiger partial charge is 0.300 e. The lowest BCUT2D eigenvalue weighted by molar-refractivity contribution is -0.120. The quantitative estimate of drug-likeness (QED) is 0.619. The van der Waals surface area contributed by atoms with Gasteiger partial charge in [-0.1, -0.05) is 6.42 Å². The number of ketones is 1. The van der Waals surface area contributed by atoms with E-state index in [1.54, 1.807) is 23.0 Å². The van der Waals surface area contributed by atoms with Crippen LogP contribution < -0.4 is 0 Å². The van der Waals surface area contributed by atoms with Crippen LogP contribution in [0.15, 0.2) is 17.1 Å². The van der Waals surface area contributed by atoms with Crippen molar-refractivity contribution in [1.82, 2.24) is 4.98 Å². The molecule has 0 atom stereocenters. The number of thiazole rings is 1. The van der Waals surface area contributed by atoms with E-state index in [1.807, 2.05) is 5.38 Å². The van der Waals surface area contributed by atoms with Crippen LogP contribution in [0.5, 0.6) is 0 Å². The average Bonchev–Trinajstić information content (AvgIpc) is 2.62. The predicted octanol–water partition coefficient (Wildman–Crippen LogP) is 2.66. The highest BCUT2D eigenvalue weighted by Crippen LogP contribution is 2.12. The van der Waals surface area contributed by atoms with Crippen molar-refractivity contribution in [1.29, 1.82) is 0 Å². The van der Waals surface area contributed by atoms with Crippen LogP contribution in [-0.4, -0.2) is 10.8 Å². The first kappa shape index (κ1) is 9.39. The SMILES string of the molecule is O=C1CCCCC1.c1cscn1. The third-order valence-corrected chi connectivity index (χ3v) is 2.28. The minimum absolute atomic E-state index is 0.464. The van der Waals surface area contributed by atoms with E-state index in [9.17, 15) is 4.79 Å². The first-order valence-corrected chi connectivity index (χ1v) is 5.18. The fourth-order valence-corrected chi connectivity index (χ4v) is 1.47. The lowest BCUT2D eigenvalue weighted by atomic mass is 10.00. The Morgan fingerprint density at radius 3 is 2.25 bits per heavy atom. The highest BCUT2D eigenvalue weighted by molar-refractivity contribution is 7.07. The molecule has 1 aliphatic carbocycles. The van der Waals surface area contributed by atoms with E-state index in [0.29, 0.717) is 5.78 Å². The fourth-order valence-electron chi connectivity index (χ4n) is 1.12. The number of rotatable bonds is 0. The molecule has 1 aromatic rings. The van der Waals surface area contributed by atoms with Gasteiger partial charge >= 0.3 is 0 Å². The van der Waals surface area contributed by atoms with Crippen molar-refractivity contribution >= 4 is 17.1 Å². The van der Waals surface area contributed by atoms with E-state index in [0.717, 1.165) is 25.7 Å². The van der Waals surface area contributed by atoms with Gasteiger partial charge in [0.25, 0.3) is 0 Å². The van der Waals surface area contributed by atoms with E-state index < -0.39 is 0 Å². The zero-order chi connectivity index (χ0) is 8.65. The first-order valence-electron chi connectivity index (χ1n) is 4.23. The highest BCUT2D eigenvalue weighted by Gasteiger charge is 2.05. The molecule has 0 N–H and O–H groups in total. The Morgan fingerprint density at radius 2 is 2.00 bits per heavy atom. The molecule has 0 saturated heterocycles. The van der Waals surface area contributed by atoms with Gasteiger partial charge in [0.2, 0.25) is 0 Å². The Hall–Kier alpha value is -0.700. The molecule has 0 aromatic carbocycles. The number of hydrogen-bond donors (Lipinski definition) is 0. The highest BCUT2D eigenvalue weighted by atomic mass is 32.1. The second kappa shape index (κ2) is 5.89. The predicted molar refractivity (Wildman–Crippen MR) is 50.2 cm³/mol. The van der Waals surface area contributed by atoms with Crippen molar-refractivity contribution in [2.45, 2.75) is 32.1 Å². The molecule has 1 fully saturated rings. The smallest absolute Gasteiger partial charge is 0.132 e. The Kier molecular flexibility index (Phi) is 4.61. The van der Waals surface area contributed by atoms with Gasteiger partial charge in [0, 0.05) is 24.4 Å². The molecule has 1 aliphatic rings. The van der Waals surface area contributed by atoms with Gasteiger partial charge < -0.3 is 0 Å². The number of Topliss-reactive ketones (excluding diaryl/α,β-unsaturated/α-hetero) is 1. The normalized spacial score (nSPS) is 16.5. The molecule has 3 heteroatoms. The van der Waals surface area contributed by atoms with Crippen molar-refractivity contribution in [3.63, 3.8) is 0 Å². The monoisotopic (exact) mass is 183 g/mol. The maximum Gasteiger partial charge on any atom is 0.132 e. The molecule has 0 bridgehead atoms. The van der Waals surface area contributed by atoms with E-state index in [-0.39, 0.29) is 0 Å². The summed E-state index contributed by atoms with van der Waals surface area (Å²) in [4.78, 5) is 14.2. The van der Waals surface area contributed by atoms with Crippen LogP contribution in [0.3, 0.4) is 0 Å². The maximum atomic E-state index is 10.5. The van der Waals surface area contributed by atoms with E-state index >= 15 is 0 Å². The van der Waals surface area contributed by atoms with Crippen LogP contribution in [-0.2, 0) is 4.79 Å². The van der Waals surface area contributed by atoms with Gasteiger partial charge in [-0.05, 0) is 12.8 Å². The van der Waals surface area contributed by atoms with Crippen LogP contribution in [0.1, 0.15) is 32.1 Å². The van der Waals surface area contributed by atoms with Crippen molar-refractivity contribution in [2.75, 3.05) is 0 Å². The number of nitrogens with zero attached hydrogens (tertiary/aromatic N) is 1. The van der Waals surface area contributed by atoms with Crippen molar-refractivity contribution in [2.24, 2.45) is 0 Å². The van der Waals surface area contributed by atoms with Gasteiger partial charge in [-0.2, -0.15) is 0 Å². The minimum atomic E-state index is 0.464. The fraction of sp³-hybridized carbons (Fsp3) is 0.556. The molecular weight excluding hydrogens is 170 g/mol. The molecule has 1 saturated carbocycles. The molecule has 1 heterocycles. The summed E-state index contributed by atoms with van der Waals surface area (Å²) in [6, 6.07) is 0. The summed E-state index contributed by atoms with van der Waals surface area (Å²) >= 11 is 1.60. The van der Waals surface area contributed by atoms with E-state index in [2.05, 4.69) is 4.98 Å². The summed E-state index contributed by atoms with van der Waals surface area (Å²) in [5, 5.41) is 1.93. The average molecular weight is 183 g/mol. The van der Waals surface area contributed by atoms with Crippen molar-refractivity contribution < 1.29 is 4.79 Å². The van der Waals surface area contributed by atoms with Gasteiger partial charge in [0.05, 0.1) is 5.51 Å². The molecule has 12 heavy (non-hydrogen) atoms. The Morgan fingerprint density at radius 1 is 1.25 bits per heavy atom. The zero-order valence-electron chi connectivity index (χ0n) is 7.03. The number of hydrogen-bond acceptors (Lipinski definition) is 3. The second-order valence-electron chi connectivity index (χ2n) is 2.78. The summed E-state index contributed by atoms with van der Waals surface area (Å²) in [5.74, 6) is 0.464. The minimum Gasteiger partial charge on any atom is -0.300 e. The zero-order valence-corrected chi connectivity index (χ0v) is 7.85. The first-order chi connectivity index (χ1) is 5.89. The van der Waals surface area contributed by atoms with Crippen molar-refractivity contribution in [3.8, 4) is 0 Å². The second-order valence-corrected chi connectivity index (χ2v) is 3.53. The van der Waals surface area contributed by atoms with Gasteiger partial charge in [0.15, 0.2) is 0 Å². The molecule has 0 spiro atoms. The molecule has 1 aromatic heterocycles. The number of aromatic nitrogens is 1. The summed E-state index contributed by atoms with van der Waals surface area (Å²) in [7, 11) is 0. The summed E-state index contributed by atoms with van der Waals surface area (Å²) < 4.78 is 0. The number of carbonyl (C=O) groups excluding carboxylic acids is 1. The van der Waals surface area contributed by atoms with E-state index in [4.69, 9.17) is 0 Å². The molecule has 2 nitrogen and oxygen atoms in total. The van der Waals surface area contributed by atoms with E-state index in [1.165, 1.54) is 6.42 Å². The maximum absolute atomic E-state index is 10.5. The molecule has 0 unspecified atom stereocenters. The van der Waals surface area contributed by atoms with Crippen LogP contribution in [0.4, 0.5) is 0 Å².